The molecule has 98 valence electrons. The molecule has 1 aromatic carbocycles. The van der Waals surface area contributed by atoms with Crippen LogP contribution in [0.15, 0.2) is 34.8 Å². The zero-order chi connectivity index (χ0) is 13.4. The molecule has 0 bridgehead atoms. The number of carbonyl (C=O) groups is 1. The number of nitrogens with one attached hydrogen (secondary N) is 1. The van der Waals surface area contributed by atoms with E-state index in [0.29, 0.717) is 13.0 Å². The molecule has 0 heterocycles. The quantitative estimate of drug-likeness (QED) is 0.794. The maximum Gasteiger partial charge on any atom is 0.244 e. The summed E-state index contributed by atoms with van der Waals surface area (Å²) < 4.78 is 0.945. The zero-order valence-corrected chi connectivity index (χ0v) is 12.0. The fraction of sp³-hybridized carbons (Fsp3) is 0.357. The molecule has 0 saturated heterocycles. The molecule has 0 saturated carbocycles. The number of amides is 1. The Morgan fingerprint density at radius 3 is 2.89 bits per heavy atom. The molecule has 1 unspecified atom stereocenters. The minimum absolute atomic E-state index is 0.194. The SMILES string of the molecule is CCCC(O)CNC(=O)/C=C/c1ccccc1Br. The Kier molecular flexibility index (Phi) is 6.68. The molecule has 18 heavy (non-hydrogen) atoms. The number of hydrogen-bond acceptors (Lipinski definition) is 2. The van der Waals surface area contributed by atoms with E-state index in [-0.39, 0.29) is 5.91 Å². The molecule has 0 aliphatic heterocycles. The van der Waals surface area contributed by atoms with Crippen LogP contribution in [0.25, 0.3) is 6.08 Å². The van der Waals surface area contributed by atoms with Crippen LogP contribution in [0, 0.1) is 0 Å². The minimum Gasteiger partial charge on any atom is -0.391 e. The Balaban J connectivity index is 2.43. The number of aliphatic hydroxyl groups is 1. The number of hydrogen-bond donors (Lipinski definition) is 2. The van der Waals surface area contributed by atoms with Crippen LogP contribution in [-0.4, -0.2) is 23.7 Å². The lowest BCUT2D eigenvalue weighted by Gasteiger charge is -2.08. The Hall–Kier alpha value is -1.13. The minimum atomic E-state index is -0.462. The Bertz CT molecular complexity index is 418. The van der Waals surface area contributed by atoms with E-state index in [2.05, 4.69) is 21.2 Å². The molecule has 0 radical (unpaired) electrons. The average Bonchev–Trinajstić information content (AvgIpc) is 2.36. The lowest BCUT2D eigenvalue weighted by molar-refractivity contribution is -0.116. The second-order valence-corrected chi connectivity index (χ2v) is 4.90. The van der Waals surface area contributed by atoms with Crippen molar-refractivity contribution in [3.05, 3.63) is 40.4 Å². The first kappa shape index (κ1) is 14.9. The van der Waals surface area contributed by atoms with Gasteiger partial charge in [0.05, 0.1) is 6.10 Å². The molecule has 2 N–H and O–H groups in total. The molecular formula is C14H18BrNO2. The van der Waals surface area contributed by atoms with Crippen LogP contribution in [0.2, 0.25) is 0 Å². The average molecular weight is 312 g/mol. The summed E-state index contributed by atoms with van der Waals surface area (Å²) in [5.41, 5.74) is 0.946. The van der Waals surface area contributed by atoms with Crippen molar-refractivity contribution in [3.8, 4) is 0 Å². The highest BCUT2D eigenvalue weighted by molar-refractivity contribution is 9.10. The standard InChI is InChI=1S/C14H18BrNO2/c1-2-5-12(17)10-16-14(18)9-8-11-6-3-4-7-13(11)15/h3-4,6-9,12,17H,2,5,10H2,1H3,(H,16,18)/b9-8+. The number of benzene rings is 1. The highest BCUT2D eigenvalue weighted by atomic mass is 79.9. The van der Waals surface area contributed by atoms with E-state index in [9.17, 15) is 9.90 Å². The number of rotatable bonds is 6. The van der Waals surface area contributed by atoms with Gasteiger partial charge in [0, 0.05) is 17.1 Å². The van der Waals surface area contributed by atoms with E-state index in [1.54, 1.807) is 6.08 Å². The van der Waals surface area contributed by atoms with Crippen molar-refractivity contribution < 1.29 is 9.90 Å². The normalized spacial score (nSPS) is 12.6. The summed E-state index contributed by atoms with van der Waals surface area (Å²) in [7, 11) is 0. The molecule has 1 rings (SSSR count). The van der Waals surface area contributed by atoms with Crippen molar-refractivity contribution in [2.45, 2.75) is 25.9 Å². The van der Waals surface area contributed by atoms with Gasteiger partial charge in [-0.3, -0.25) is 4.79 Å². The van der Waals surface area contributed by atoms with E-state index < -0.39 is 6.10 Å². The van der Waals surface area contributed by atoms with Crippen LogP contribution >= 0.6 is 15.9 Å². The molecule has 3 nitrogen and oxygen atoms in total. The predicted octanol–water partition coefficient (Wildman–Crippen LogP) is 2.74. The molecule has 0 aromatic heterocycles. The van der Waals surface area contributed by atoms with E-state index in [1.807, 2.05) is 31.2 Å². The monoisotopic (exact) mass is 311 g/mol. The number of halogens is 1. The summed E-state index contributed by atoms with van der Waals surface area (Å²) in [5, 5.41) is 12.1. The smallest absolute Gasteiger partial charge is 0.244 e. The van der Waals surface area contributed by atoms with Gasteiger partial charge in [-0.15, -0.1) is 0 Å². The van der Waals surface area contributed by atoms with Crippen LogP contribution < -0.4 is 5.32 Å². The maximum atomic E-state index is 11.5. The third-order valence-corrected chi connectivity index (χ3v) is 3.18. The third-order valence-electron chi connectivity index (χ3n) is 2.45. The highest BCUT2D eigenvalue weighted by Crippen LogP contribution is 2.16. The van der Waals surface area contributed by atoms with Gasteiger partial charge in [-0.05, 0) is 24.1 Å². The molecule has 0 aliphatic rings. The largest absolute Gasteiger partial charge is 0.391 e. The lowest BCUT2D eigenvalue weighted by Crippen LogP contribution is -2.30. The van der Waals surface area contributed by atoms with Gasteiger partial charge in [0.1, 0.15) is 0 Å². The molecule has 0 aliphatic carbocycles. The van der Waals surface area contributed by atoms with Gasteiger partial charge in [-0.25, -0.2) is 0 Å². The van der Waals surface area contributed by atoms with E-state index in [4.69, 9.17) is 0 Å². The first-order valence-corrected chi connectivity index (χ1v) is 6.81. The van der Waals surface area contributed by atoms with Crippen molar-refractivity contribution >= 4 is 27.9 Å². The first-order valence-electron chi connectivity index (χ1n) is 6.02. The fourth-order valence-corrected chi connectivity index (χ4v) is 1.91. The van der Waals surface area contributed by atoms with Crippen molar-refractivity contribution in [1.82, 2.24) is 5.32 Å². The van der Waals surface area contributed by atoms with Crippen molar-refractivity contribution in [2.75, 3.05) is 6.54 Å². The Morgan fingerprint density at radius 2 is 2.22 bits per heavy atom. The summed E-state index contributed by atoms with van der Waals surface area (Å²) in [5.74, 6) is -0.194. The molecular weight excluding hydrogens is 294 g/mol. The van der Waals surface area contributed by atoms with Crippen molar-refractivity contribution in [1.29, 1.82) is 0 Å². The summed E-state index contributed by atoms with van der Waals surface area (Å²) in [6, 6.07) is 7.66. The molecule has 0 spiro atoms. The summed E-state index contributed by atoms with van der Waals surface area (Å²) in [6.07, 6.45) is 4.36. The van der Waals surface area contributed by atoms with Gasteiger partial charge in [-0.2, -0.15) is 0 Å². The second kappa shape index (κ2) is 8.06. The summed E-state index contributed by atoms with van der Waals surface area (Å²) in [4.78, 5) is 11.5. The Morgan fingerprint density at radius 1 is 1.50 bits per heavy atom. The van der Waals surface area contributed by atoms with E-state index >= 15 is 0 Å². The van der Waals surface area contributed by atoms with Gasteiger partial charge in [-0.1, -0.05) is 47.5 Å². The van der Waals surface area contributed by atoms with Gasteiger partial charge in [0.2, 0.25) is 5.91 Å². The molecule has 0 fully saturated rings. The maximum absolute atomic E-state index is 11.5. The van der Waals surface area contributed by atoms with Crippen LogP contribution in [0.1, 0.15) is 25.3 Å². The van der Waals surface area contributed by atoms with Crippen LogP contribution in [0.3, 0.4) is 0 Å². The highest BCUT2D eigenvalue weighted by Gasteiger charge is 2.03. The molecule has 1 atom stereocenters. The number of aliphatic hydroxyl groups excluding tert-OH is 1. The third kappa shape index (κ3) is 5.47. The van der Waals surface area contributed by atoms with Gasteiger partial charge in [0.15, 0.2) is 0 Å². The second-order valence-electron chi connectivity index (χ2n) is 4.04. The van der Waals surface area contributed by atoms with Crippen molar-refractivity contribution in [2.24, 2.45) is 0 Å². The molecule has 1 amide bonds. The first-order chi connectivity index (χ1) is 8.63. The van der Waals surface area contributed by atoms with Crippen molar-refractivity contribution in [3.63, 3.8) is 0 Å². The topological polar surface area (TPSA) is 49.3 Å². The number of carbonyl (C=O) groups excluding carboxylic acids is 1. The summed E-state index contributed by atoms with van der Waals surface area (Å²) in [6.45, 7) is 2.30. The van der Waals surface area contributed by atoms with Crippen LogP contribution in [0.4, 0.5) is 0 Å². The molecule has 4 heteroatoms. The van der Waals surface area contributed by atoms with Gasteiger partial charge in [0.25, 0.3) is 0 Å². The van der Waals surface area contributed by atoms with Crippen LogP contribution in [0.5, 0.6) is 0 Å². The summed E-state index contributed by atoms with van der Waals surface area (Å²) >= 11 is 3.41. The predicted molar refractivity (Wildman–Crippen MR) is 77.1 cm³/mol. The van der Waals surface area contributed by atoms with Crippen LogP contribution in [-0.2, 0) is 4.79 Å². The Labute approximate surface area is 116 Å². The van der Waals surface area contributed by atoms with E-state index in [0.717, 1.165) is 16.5 Å². The van der Waals surface area contributed by atoms with Gasteiger partial charge < -0.3 is 10.4 Å². The zero-order valence-electron chi connectivity index (χ0n) is 10.4. The van der Waals surface area contributed by atoms with E-state index in [1.165, 1.54) is 6.08 Å². The molecule has 1 aromatic rings. The lowest BCUT2D eigenvalue weighted by atomic mass is 10.2. The van der Waals surface area contributed by atoms with Gasteiger partial charge >= 0.3 is 0 Å². The fourth-order valence-electron chi connectivity index (χ4n) is 1.49.